The summed E-state index contributed by atoms with van der Waals surface area (Å²) >= 11 is 0. The Morgan fingerprint density at radius 3 is 3.36 bits per heavy atom. The highest BCUT2D eigenvalue weighted by molar-refractivity contribution is 5.17. The van der Waals surface area contributed by atoms with Crippen molar-refractivity contribution >= 4 is 0 Å². The van der Waals surface area contributed by atoms with E-state index in [0.29, 0.717) is 18.9 Å². The lowest BCUT2D eigenvalue weighted by atomic mass is 10.1. The molecular formula is C8H13NO2. The molecule has 62 valence electrons. The summed E-state index contributed by atoms with van der Waals surface area (Å²) < 4.78 is 10.2. The van der Waals surface area contributed by atoms with Gasteiger partial charge in [0.2, 0.25) is 0 Å². The van der Waals surface area contributed by atoms with Crippen molar-refractivity contribution in [2.45, 2.75) is 24.6 Å². The Balaban J connectivity index is 1.82. The molecule has 1 aliphatic heterocycles. The third-order valence-electron chi connectivity index (χ3n) is 2.18. The lowest BCUT2D eigenvalue weighted by Gasteiger charge is -2.14. The number of fused-ring (bicyclic) bond motifs is 1. The fourth-order valence-electron chi connectivity index (χ4n) is 1.51. The van der Waals surface area contributed by atoms with E-state index in [-0.39, 0.29) is 6.10 Å². The maximum atomic E-state index is 5.41. The standard InChI is InChI=1S/C8H13NO2/c1-10-5-11-7-4-2-3-6-8(7)9-6/h2,4,6-9H,3,5H2,1H3/t6-,7+,8-/m1/s1. The molecule has 0 aromatic heterocycles. The minimum Gasteiger partial charge on any atom is -0.359 e. The van der Waals surface area contributed by atoms with E-state index in [2.05, 4.69) is 17.5 Å². The highest BCUT2D eigenvalue weighted by atomic mass is 16.7. The molecule has 0 aromatic carbocycles. The van der Waals surface area contributed by atoms with E-state index in [1.807, 2.05) is 0 Å². The molecule has 0 amide bonds. The van der Waals surface area contributed by atoms with Crippen molar-refractivity contribution < 1.29 is 9.47 Å². The van der Waals surface area contributed by atoms with Crippen molar-refractivity contribution in [1.29, 1.82) is 0 Å². The molecule has 3 heteroatoms. The summed E-state index contributed by atoms with van der Waals surface area (Å²) in [6.45, 7) is 0.389. The second-order valence-electron chi connectivity index (χ2n) is 3.00. The Morgan fingerprint density at radius 2 is 2.55 bits per heavy atom. The summed E-state index contributed by atoms with van der Waals surface area (Å²) in [7, 11) is 1.64. The molecule has 0 unspecified atom stereocenters. The third-order valence-corrected chi connectivity index (χ3v) is 2.18. The van der Waals surface area contributed by atoms with Crippen LogP contribution >= 0.6 is 0 Å². The van der Waals surface area contributed by atoms with Gasteiger partial charge in [0.25, 0.3) is 0 Å². The van der Waals surface area contributed by atoms with Gasteiger partial charge >= 0.3 is 0 Å². The fraction of sp³-hybridized carbons (Fsp3) is 0.750. The molecule has 2 aliphatic rings. The Bertz CT molecular complexity index is 169. The van der Waals surface area contributed by atoms with Crippen molar-refractivity contribution in [1.82, 2.24) is 5.32 Å². The first-order valence-corrected chi connectivity index (χ1v) is 3.95. The van der Waals surface area contributed by atoms with Crippen molar-refractivity contribution in [2.75, 3.05) is 13.9 Å². The fourth-order valence-corrected chi connectivity index (χ4v) is 1.51. The summed E-state index contributed by atoms with van der Waals surface area (Å²) in [6, 6.07) is 1.22. The van der Waals surface area contributed by atoms with Crippen LogP contribution < -0.4 is 5.32 Å². The molecule has 1 fully saturated rings. The molecule has 1 saturated heterocycles. The number of ether oxygens (including phenoxy) is 2. The van der Waals surface area contributed by atoms with Crippen LogP contribution in [0.2, 0.25) is 0 Å². The molecule has 3 atom stereocenters. The molecule has 1 N–H and O–H groups in total. The molecule has 0 radical (unpaired) electrons. The van der Waals surface area contributed by atoms with Gasteiger partial charge in [0.1, 0.15) is 6.79 Å². The zero-order valence-electron chi connectivity index (χ0n) is 6.62. The van der Waals surface area contributed by atoms with Gasteiger partial charge < -0.3 is 14.8 Å². The second kappa shape index (κ2) is 2.93. The van der Waals surface area contributed by atoms with E-state index in [1.165, 1.54) is 0 Å². The lowest BCUT2D eigenvalue weighted by Crippen LogP contribution is -2.23. The maximum absolute atomic E-state index is 5.41. The first-order chi connectivity index (χ1) is 5.42. The minimum absolute atomic E-state index is 0.230. The van der Waals surface area contributed by atoms with Crippen molar-refractivity contribution in [3.8, 4) is 0 Å². The summed E-state index contributed by atoms with van der Waals surface area (Å²) in [4.78, 5) is 0. The molecule has 0 aromatic rings. The average Bonchev–Trinajstić information content (AvgIpc) is 2.79. The monoisotopic (exact) mass is 155 g/mol. The van der Waals surface area contributed by atoms with Crippen LogP contribution in [0.15, 0.2) is 12.2 Å². The predicted molar refractivity (Wildman–Crippen MR) is 41.2 cm³/mol. The first kappa shape index (κ1) is 7.28. The quantitative estimate of drug-likeness (QED) is 0.361. The first-order valence-electron chi connectivity index (χ1n) is 3.95. The topological polar surface area (TPSA) is 40.4 Å². The Kier molecular flexibility index (Phi) is 1.94. The van der Waals surface area contributed by atoms with Gasteiger partial charge in [-0.25, -0.2) is 0 Å². The Labute approximate surface area is 66.4 Å². The van der Waals surface area contributed by atoms with Crippen LogP contribution in [0.3, 0.4) is 0 Å². The van der Waals surface area contributed by atoms with Crippen LogP contribution in [-0.4, -0.2) is 32.1 Å². The van der Waals surface area contributed by atoms with Gasteiger partial charge in [-0.05, 0) is 6.42 Å². The van der Waals surface area contributed by atoms with Crippen LogP contribution in [0.25, 0.3) is 0 Å². The molecular weight excluding hydrogens is 142 g/mol. The SMILES string of the molecule is COCO[C@H]1C=CC[C@H]2N[C@@H]12. The van der Waals surface area contributed by atoms with Gasteiger partial charge in [-0.2, -0.15) is 0 Å². The summed E-state index contributed by atoms with van der Waals surface area (Å²) in [6.07, 6.45) is 5.66. The molecule has 0 saturated carbocycles. The Morgan fingerprint density at radius 1 is 1.64 bits per heavy atom. The van der Waals surface area contributed by atoms with Crippen molar-refractivity contribution in [2.24, 2.45) is 0 Å². The number of hydrogen-bond acceptors (Lipinski definition) is 3. The van der Waals surface area contributed by atoms with Crippen LogP contribution in [0.1, 0.15) is 6.42 Å². The van der Waals surface area contributed by atoms with Gasteiger partial charge in [0.15, 0.2) is 0 Å². The molecule has 0 spiro atoms. The van der Waals surface area contributed by atoms with Gasteiger partial charge in [0.05, 0.1) is 12.1 Å². The molecule has 1 heterocycles. The van der Waals surface area contributed by atoms with Crippen molar-refractivity contribution in [3.63, 3.8) is 0 Å². The minimum atomic E-state index is 0.230. The number of methoxy groups -OCH3 is 1. The van der Waals surface area contributed by atoms with Crippen LogP contribution in [0.5, 0.6) is 0 Å². The molecule has 3 nitrogen and oxygen atoms in total. The van der Waals surface area contributed by atoms with E-state index < -0.39 is 0 Å². The van der Waals surface area contributed by atoms with Crippen LogP contribution in [0.4, 0.5) is 0 Å². The lowest BCUT2D eigenvalue weighted by molar-refractivity contribution is -0.0566. The van der Waals surface area contributed by atoms with Gasteiger partial charge in [-0.3, -0.25) is 0 Å². The zero-order valence-corrected chi connectivity index (χ0v) is 6.62. The maximum Gasteiger partial charge on any atom is 0.147 e. The number of hydrogen-bond donors (Lipinski definition) is 1. The molecule has 11 heavy (non-hydrogen) atoms. The average molecular weight is 155 g/mol. The highest BCUT2D eigenvalue weighted by Gasteiger charge is 2.43. The van der Waals surface area contributed by atoms with E-state index in [1.54, 1.807) is 7.11 Å². The van der Waals surface area contributed by atoms with E-state index in [4.69, 9.17) is 9.47 Å². The normalized spacial score (nSPS) is 40.3. The van der Waals surface area contributed by atoms with Crippen molar-refractivity contribution in [3.05, 3.63) is 12.2 Å². The number of rotatable bonds is 3. The second-order valence-corrected chi connectivity index (χ2v) is 3.00. The van der Waals surface area contributed by atoms with Gasteiger partial charge in [0, 0.05) is 13.2 Å². The summed E-state index contributed by atoms with van der Waals surface area (Å²) in [5.74, 6) is 0. The Hall–Kier alpha value is -0.380. The largest absolute Gasteiger partial charge is 0.359 e. The van der Waals surface area contributed by atoms with E-state index >= 15 is 0 Å². The van der Waals surface area contributed by atoms with Gasteiger partial charge in [-0.1, -0.05) is 12.2 Å². The third kappa shape index (κ3) is 1.45. The summed E-state index contributed by atoms with van der Waals surface area (Å²) in [5, 5.41) is 3.35. The molecule has 0 bridgehead atoms. The zero-order chi connectivity index (χ0) is 7.68. The summed E-state index contributed by atoms with van der Waals surface area (Å²) in [5.41, 5.74) is 0. The molecule has 2 rings (SSSR count). The highest BCUT2D eigenvalue weighted by Crippen LogP contribution is 2.26. The van der Waals surface area contributed by atoms with E-state index in [0.717, 1.165) is 6.42 Å². The van der Waals surface area contributed by atoms with E-state index in [9.17, 15) is 0 Å². The smallest absolute Gasteiger partial charge is 0.147 e. The van der Waals surface area contributed by atoms with Gasteiger partial charge in [-0.15, -0.1) is 0 Å². The van der Waals surface area contributed by atoms with Crippen LogP contribution in [0, 0.1) is 0 Å². The number of nitrogens with one attached hydrogen (secondary N) is 1. The molecule has 1 aliphatic carbocycles. The predicted octanol–water partition coefficient (Wildman–Crippen LogP) is 0.276. The van der Waals surface area contributed by atoms with Crippen LogP contribution in [-0.2, 0) is 9.47 Å².